The maximum Gasteiger partial charge on any atom is 0.269 e. The summed E-state index contributed by atoms with van der Waals surface area (Å²) in [7, 11) is 0. The predicted molar refractivity (Wildman–Crippen MR) is 89.0 cm³/mol. The molecule has 5 nitrogen and oxygen atoms in total. The third-order valence-electron chi connectivity index (χ3n) is 2.65. The van der Waals surface area contributed by atoms with E-state index in [9.17, 15) is 10.1 Å². The molecule has 2 aromatic rings. The number of nitrogens with zero attached hydrogens (tertiary/aromatic N) is 3. The van der Waals surface area contributed by atoms with Gasteiger partial charge < -0.3 is 0 Å². The van der Waals surface area contributed by atoms with Crippen molar-refractivity contribution in [1.82, 2.24) is 0 Å². The summed E-state index contributed by atoms with van der Waals surface area (Å²) in [4.78, 5) is 10.7. The van der Waals surface area contributed by atoms with Crippen molar-refractivity contribution in [3.63, 3.8) is 0 Å². The first kappa shape index (κ1) is 16.5. The summed E-state index contributed by atoms with van der Waals surface area (Å²) in [6.45, 7) is 3.89. The molecule has 0 aliphatic carbocycles. The highest BCUT2D eigenvalue weighted by atomic mass is 35.5. The molecule has 0 unspecified atom stereocenters. The molecule has 0 radical (unpaired) electrons. The number of nitro benzene ring substituents is 1. The third-order valence-corrected chi connectivity index (χ3v) is 3.99. The Hall–Kier alpha value is -1.92. The largest absolute Gasteiger partial charge is 0.269 e. The average Bonchev–Trinajstić information content (AvgIpc) is 2.48. The van der Waals surface area contributed by atoms with E-state index in [2.05, 4.69) is 10.2 Å². The summed E-state index contributed by atoms with van der Waals surface area (Å²) in [6, 6.07) is 13.5. The van der Waals surface area contributed by atoms with Crippen molar-refractivity contribution in [1.29, 1.82) is 0 Å². The van der Waals surface area contributed by atoms with E-state index >= 15 is 0 Å². The van der Waals surface area contributed by atoms with Crippen LogP contribution in [0, 0.1) is 10.1 Å². The first-order valence-electron chi connectivity index (χ1n) is 6.48. The van der Waals surface area contributed by atoms with Crippen LogP contribution in [0.1, 0.15) is 13.8 Å². The van der Waals surface area contributed by atoms with E-state index in [4.69, 9.17) is 11.6 Å². The molecule has 0 fully saturated rings. The molecule has 0 aromatic heterocycles. The Kier molecular flexibility index (Phi) is 5.15. The van der Waals surface area contributed by atoms with Gasteiger partial charge >= 0.3 is 0 Å². The Bertz CT molecular complexity index is 685. The van der Waals surface area contributed by atoms with Crippen LogP contribution in [-0.4, -0.2) is 9.79 Å². The van der Waals surface area contributed by atoms with E-state index < -0.39 is 9.79 Å². The van der Waals surface area contributed by atoms with E-state index in [1.165, 1.54) is 12.1 Å². The minimum absolute atomic E-state index is 0.0359. The van der Waals surface area contributed by atoms with E-state index in [0.717, 1.165) is 4.90 Å². The van der Waals surface area contributed by atoms with E-state index in [1.54, 1.807) is 23.9 Å². The number of non-ortho nitro benzene ring substituents is 1. The van der Waals surface area contributed by atoms with Crippen molar-refractivity contribution in [3.05, 3.63) is 63.7 Å². The first-order valence-corrected chi connectivity index (χ1v) is 7.67. The highest BCUT2D eigenvalue weighted by Gasteiger charge is 2.18. The van der Waals surface area contributed by atoms with Gasteiger partial charge in [0.1, 0.15) is 4.87 Å². The fourth-order valence-electron chi connectivity index (χ4n) is 1.63. The molecule has 2 rings (SSSR count). The summed E-state index contributed by atoms with van der Waals surface area (Å²) in [5, 5.41) is 19.7. The molecule has 0 N–H and O–H groups in total. The second-order valence-corrected chi connectivity index (χ2v) is 7.09. The van der Waals surface area contributed by atoms with Crippen LogP contribution in [0.5, 0.6) is 0 Å². The Morgan fingerprint density at radius 2 is 1.68 bits per heavy atom. The molecule has 0 saturated carbocycles. The van der Waals surface area contributed by atoms with Gasteiger partial charge in [-0.1, -0.05) is 23.4 Å². The van der Waals surface area contributed by atoms with Gasteiger partial charge in [0.15, 0.2) is 0 Å². The number of hydrogen-bond acceptors (Lipinski definition) is 5. The number of azo groups is 1. The zero-order valence-electron chi connectivity index (χ0n) is 12.1. The minimum Gasteiger partial charge on any atom is -0.258 e. The normalized spacial score (nSPS) is 11.8. The fourth-order valence-corrected chi connectivity index (χ4v) is 2.69. The van der Waals surface area contributed by atoms with Gasteiger partial charge in [-0.2, -0.15) is 10.2 Å². The zero-order valence-corrected chi connectivity index (χ0v) is 13.6. The summed E-state index contributed by atoms with van der Waals surface area (Å²) in [5.74, 6) is 0. The average molecular weight is 336 g/mol. The monoisotopic (exact) mass is 335 g/mol. The number of rotatable bonds is 5. The molecular formula is C15H14ClN3O2S. The van der Waals surface area contributed by atoms with Gasteiger partial charge in [0.05, 0.1) is 10.6 Å². The summed E-state index contributed by atoms with van der Waals surface area (Å²) < 4.78 is 0. The Morgan fingerprint density at radius 3 is 2.23 bits per heavy atom. The second-order valence-electron chi connectivity index (χ2n) is 4.98. The van der Waals surface area contributed by atoms with Crippen LogP contribution < -0.4 is 0 Å². The lowest BCUT2D eigenvalue weighted by Crippen LogP contribution is -2.09. The summed E-state index contributed by atoms with van der Waals surface area (Å²) >= 11 is 7.41. The van der Waals surface area contributed by atoms with Crippen molar-refractivity contribution in [2.75, 3.05) is 0 Å². The molecule has 0 aliphatic heterocycles. The van der Waals surface area contributed by atoms with Gasteiger partial charge in [-0.25, -0.2) is 0 Å². The lowest BCUT2D eigenvalue weighted by molar-refractivity contribution is -0.384. The topological polar surface area (TPSA) is 67.9 Å². The lowest BCUT2D eigenvalue weighted by Gasteiger charge is -2.17. The second kappa shape index (κ2) is 6.89. The van der Waals surface area contributed by atoms with Crippen LogP contribution >= 0.6 is 23.4 Å². The first-order chi connectivity index (χ1) is 10.4. The van der Waals surface area contributed by atoms with Crippen LogP contribution in [0.3, 0.4) is 0 Å². The lowest BCUT2D eigenvalue weighted by atomic mass is 10.3. The Morgan fingerprint density at radius 1 is 1.09 bits per heavy atom. The maximum absolute atomic E-state index is 10.6. The molecule has 2 aromatic carbocycles. The smallest absolute Gasteiger partial charge is 0.258 e. The summed E-state index contributed by atoms with van der Waals surface area (Å²) in [5.41, 5.74) is 0.615. The van der Waals surface area contributed by atoms with Crippen molar-refractivity contribution in [2.45, 2.75) is 23.6 Å². The Balaban J connectivity index is 2.06. The number of hydrogen-bond donors (Lipinski definition) is 0. The summed E-state index contributed by atoms with van der Waals surface area (Å²) in [6.07, 6.45) is 0. The van der Waals surface area contributed by atoms with Crippen LogP contribution in [0.25, 0.3) is 0 Å². The number of benzene rings is 2. The van der Waals surface area contributed by atoms with Gasteiger partial charge in [-0.3, -0.25) is 10.1 Å². The van der Waals surface area contributed by atoms with Gasteiger partial charge in [0.25, 0.3) is 5.69 Å². The van der Waals surface area contributed by atoms with Crippen LogP contribution in [0.2, 0.25) is 5.02 Å². The van der Waals surface area contributed by atoms with E-state index in [-0.39, 0.29) is 5.69 Å². The zero-order chi connectivity index (χ0) is 16.2. The highest BCUT2D eigenvalue weighted by Crippen LogP contribution is 2.35. The molecule has 0 atom stereocenters. The molecule has 7 heteroatoms. The maximum atomic E-state index is 10.6. The number of nitro groups is 1. The molecule has 0 saturated heterocycles. The quantitative estimate of drug-likeness (QED) is 0.297. The molecule has 0 aliphatic rings. The van der Waals surface area contributed by atoms with Crippen molar-refractivity contribution in [2.24, 2.45) is 10.2 Å². The highest BCUT2D eigenvalue weighted by molar-refractivity contribution is 8.00. The third kappa shape index (κ3) is 4.82. The van der Waals surface area contributed by atoms with Crippen molar-refractivity contribution < 1.29 is 4.92 Å². The standard InChI is InChI=1S/C15H14ClN3O2S/c1-15(2,22-14-9-3-11(16)4-10-14)18-17-12-5-7-13(8-6-12)19(20)21/h3-10H,1-2H3. The van der Waals surface area contributed by atoms with Crippen LogP contribution in [-0.2, 0) is 0 Å². The Labute approximate surface area is 137 Å². The fraction of sp³-hybridized carbons (Fsp3) is 0.200. The molecule has 22 heavy (non-hydrogen) atoms. The SMILES string of the molecule is CC(C)(N=Nc1ccc([N+](=O)[O-])cc1)Sc1ccc(Cl)cc1. The molecule has 0 bridgehead atoms. The molecular weight excluding hydrogens is 322 g/mol. The van der Waals surface area contributed by atoms with Crippen LogP contribution in [0.15, 0.2) is 63.7 Å². The minimum atomic E-state index is -0.463. The van der Waals surface area contributed by atoms with E-state index in [0.29, 0.717) is 10.7 Å². The van der Waals surface area contributed by atoms with Gasteiger partial charge in [-0.15, -0.1) is 0 Å². The van der Waals surface area contributed by atoms with E-state index in [1.807, 2.05) is 38.1 Å². The van der Waals surface area contributed by atoms with Gasteiger partial charge in [0, 0.05) is 22.1 Å². The van der Waals surface area contributed by atoms with Crippen molar-refractivity contribution in [3.8, 4) is 0 Å². The predicted octanol–water partition coefficient (Wildman–Crippen LogP) is 5.86. The van der Waals surface area contributed by atoms with Gasteiger partial charge in [-0.05, 0) is 50.2 Å². The molecule has 114 valence electrons. The molecule has 0 heterocycles. The van der Waals surface area contributed by atoms with Gasteiger partial charge in [0.2, 0.25) is 0 Å². The molecule has 0 amide bonds. The molecule has 0 spiro atoms. The van der Waals surface area contributed by atoms with Crippen molar-refractivity contribution >= 4 is 34.7 Å². The number of halogens is 1. The number of thioether (sulfide) groups is 1. The van der Waals surface area contributed by atoms with Crippen LogP contribution in [0.4, 0.5) is 11.4 Å².